The number of hydrogen-bond acceptors (Lipinski definition) is 4. The van der Waals surface area contributed by atoms with Crippen LogP contribution in [0.5, 0.6) is 11.5 Å². The lowest BCUT2D eigenvalue weighted by Crippen LogP contribution is -2.49. The molecule has 2 atom stereocenters. The number of methoxy groups -OCH3 is 2. The molecule has 3 aromatic rings. The molecule has 1 amide bonds. The van der Waals surface area contributed by atoms with Gasteiger partial charge in [-0.05, 0) is 47.7 Å². The summed E-state index contributed by atoms with van der Waals surface area (Å²) >= 11 is 0. The van der Waals surface area contributed by atoms with Gasteiger partial charge in [0.25, 0.3) is 5.91 Å². The second kappa shape index (κ2) is 7.38. The molecule has 0 aliphatic carbocycles. The molecule has 0 unspecified atom stereocenters. The molecule has 2 heterocycles. The maximum Gasteiger partial charge on any atom is 0.260 e. The summed E-state index contributed by atoms with van der Waals surface area (Å²) in [4.78, 5) is 15.7. The summed E-state index contributed by atoms with van der Waals surface area (Å²) in [7, 11) is 3.24. The fourth-order valence-corrected chi connectivity index (χ4v) is 5.40. The van der Waals surface area contributed by atoms with Crippen molar-refractivity contribution in [3.8, 4) is 11.5 Å². The van der Waals surface area contributed by atoms with Crippen LogP contribution in [-0.4, -0.2) is 36.7 Å². The number of fused-ring (bicyclic) bond motifs is 3. The zero-order chi connectivity index (χ0) is 22.5. The average molecular weight is 430 g/mol. The Morgan fingerprint density at radius 3 is 2.22 bits per heavy atom. The molecule has 1 N–H and O–H groups in total. The SMILES string of the molecule is COc1cc2c(cc1OC)[C@]1(c3ccc(C)cc3)C[C@@](O)(c3ccccc3)C(=O)N1CC2. The van der Waals surface area contributed by atoms with Gasteiger partial charge in [-0.2, -0.15) is 0 Å². The van der Waals surface area contributed by atoms with Crippen LogP contribution >= 0.6 is 0 Å². The Balaban J connectivity index is 1.79. The Morgan fingerprint density at radius 2 is 1.56 bits per heavy atom. The molecule has 0 aromatic heterocycles. The Labute approximate surface area is 188 Å². The number of carbonyl (C=O) groups is 1. The van der Waals surface area contributed by atoms with E-state index in [0.29, 0.717) is 30.0 Å². The van der Waals surface area contributed by atoms with Gasteiger partial charge in [-0.3, -0.25) is 4.79 Å². The number of amides is 1. The minimum atomic E-state index is -1.61. The zero-order valence-corrected chi connectivity index (χ0v) is 18.6. The van der Waals surface area contributed by atoms with Gasteiger partial charge in [0, 0.05) is 13.0 Å². The minimum absolute atomic E-state index is 0.231. The summed E-state index contributed by atoms with van der Waals surface area (Å²) in [5.74, 6) is 1.02. The van der Waals surface area contributed by atoms with Gasteiger partial charge in [0.2, 0.25) is 0 Å². The quantitative estimate of drug-likeness (QED) is 0.683. The highest BCUT2D eigenvalue weighted by Crippen LogP contribution is 2.56. The van der Waals surface area contributed by atoms with Crippen LogP contribution in [0.25, 0.3) is 0 Å². The Hall–Kier alpha value is -3.31. The van der Waals surface area contributed by atoms with Crippen molar-refractivity contribution in [3.05, 3.63) is 94.5 Å². The van der Waals surface area contributed by atoms with Crippen molar-refractivity contribution < 1.29 is 19.4 Å². The van der Waals surface area contributed by atoms with E-state index < -0.39 is 11.1 Å². The van der Waals surface area contributed by atoms with Crippen molar-refractivity contribution in [2.45, 2.75) is 30.9 Å². The van der Waals surface area contributed by atoms with E-state index >= 15 is 0 Å². The van der Waals surface area contributed by atoms with Crippen molar-refractivity contribution in [1.29, 1.82) is 0 Å². The van der Waals surface area contributed by atoms with Crippen LogP contribution in [0.2, 0.25) is 0 Å². The summed E-state index contributed by atoms with van der Waals surface area (Å²) in [5, 5.41) is 11.8. The van der Waals surface area contributed by atoms with E-state index in [1.807, 2.05) is 54.3 Å². The maximum atomic E-state index is 13.8. The van der Waals surface area contributed by atoms with Crippen LogP contribution in [0, 0.1) is 6.92 Å². The third-order valence-corrected chi connectivity index (χ3v) is 7.01. The fraction of sp³-hybridized carbons (Fsp3) is 0.296. The first kappa shape index (κ1) is 20.6. The van der Waals surface area contributed by atoms with Gasteiger partial charge in [0.15, 0.2) is 17.1 Å². The van der Waals surface area contributed by atoms with E-state index in [1.54, 1.807) is 14.2 Å². The van der Waals surface area contributed by atoms with Crippen molar-refractivity contribution in [3.63, 3.8) is 0 Å². The summed E-state index contributed by atoms with van der Waals surface area (Å²) < 4.78 is 11.2. The highest BCUT2D eigenvalue weighted by atomic mass is 16.5. The van der Waals surface area contributed by atoms with Crippen LogP contribution in [0.4, 0.5) is 0 Å². The summed E-state index contributed by atoms with van der Waals surface area (Å²) in [6, 6.07) is 21.5. The second-order valence-electron chi connectivity index (χ2n) is 8.70. The number of nitrogens with zero attached hydrogens (tertiary/aromatic N) is 1. The number of aryl methyl sites for hydroxylation is 1. The summed E-state index contributed by atoms with van der Waals surface area (Å²) in [5.41, 5.74) is 2.41. The van der Waals surface area contributed by atoms with Crippen LogP contribution in [0.3, 0.4) is 0 Å². The number of carbonyl (C=O) groups excluding carboxylic acids is 1. The van der Waals surface area contributed by atoms with Crippen molar-refractivity contribution in [2.75, 3.05) is 20.8 Å². The average Bonchev–Trinajstić information content (AvgIpc) is 3.07. The van der Waals surface area contributed by atoms with Gasteiger partial charge in [0.1, 0.15) is 0 Å². The lowest BCUT2D eigenvalue weighted by molar-refractivity contribution is -0.145. The van der Waals surface area contributed by atoms with E-state index in [2.05, 4.69) is 24.3 Å². The van der Waals surface area contributed by atoms with Crippen LogP contribution in [-0.2, 0) is 22.4 Å². The fourth-order valence-electron chi connectivity index (χ4n) is 5.40. The minimum Gasteiger partial charge on any atom is -0.493 e. The normalized spacial score (nSPS) is 24.1. The molecule has 164 valence electrons. The molecule has 0 bridgehead atoms. The van der Waals surface area contributed by atoms with Gasteiger partial charge in [-0.15, -0.1) is 0 Å². The van der Waals surface area contributed by atoms with Gasteiger partial charge in [0.05, 0.1) is 19.8 Å². The van der Waals surface area contributed by atoms with Gasteiger partial charge in [-0.1, -0.05) is 60.2 Å². The van der Waals surface area contributed by atoms with Crippen LogP contribution in [0.15, 0.2) is 66.7 Å². The van der Waals surface area contributed by atoms with E-state index in [1.165, 1.54) is 0 Å². The predicted molar refractivity (Wildman–Crippen MR) is 122 cm³/mol. The summed E-state index contributed by atoms with van der Waals surface area (Å²) in [6.45, 7) is 2.56. The Morgan fingerprint density at radius 1 is 0.906 bits per heavy atom. The third kappa shape index (κ3) is 2.77. The Bertz CT molecular complexity index is 1170. The molecule has 1 fully saturated rings. The van der Waals surface area contributed by atoms with Gasteiger partial charge < -0.3 is 19.5 Å². The molecule has 2 aliphatic rings. The summed E-state index contributed by atoms with van der Waals surface area (Å²) in [6.07, 6.45) is 0.911. The smallest absolute Gasteiger partial charge is 0.260 e. The topological polar surface area (TPSA) is 59.0 Å². The Kier molecular flexibility index (Phi) is 4.75. The zero-order valence-electron chi connectivity index (χ0n) is 18.6. The standard InChI is InChI=1S/C27H27NO4/c1-18-9-11-20(12-10-18)26-17-27(30,21-7-5-4-6-8-21)25(29)28(26)14-13-19-15-23(31-2)24(32-3)16-22(19)26/h4-12,15-16,30H,13-14,17H2,1-3H3/t26-,27-/m1/s1. The number of ether oxygens (including phenoxy) is 2. The number of hydrogen-bond donors (Lipinski definition) is 1. The van der Waals surface area contributed by atoms with Gasteiger partial charge in [-0.25, -0.2) is 0 Å². The van der Waals surface area contributed by atoms with Crippen LogP contribution in [0.1, 0.15) is 34.2 Å². The van der Waals surface area contributed by atoms with Crippen molar-refractivity contribution >= 4 is 5.91 Å². The number of aliphatic hydroxyl groups is 1. The van der Waals surface area contributed by atoms with E-state index in [0.717, 1.165) is 22.3 Å². The van der Waals surface area contributed by atoms with Gasteiger partial charge >= 0.3 is 0 Å². The molecule has 0 saturated carbocycles. The molecule has 3 aromatic carbocycles. The van der Waals surface area contributed by atoms with E-state index in [4.69, 9.17) is 9.47 Å². The predicted octanol–water partition coefficient (Wildman–Crippen LogP) is 3.93. The maximum absolute atomic E-state index is 13.8. The molecular weight excluding hydrogens is 402 g/mol. The van der Waals surface area contributed by atoms with Crippen LogP contribution < -0.4 is 9.47 Å². The monoisotopic (exact) mass is 429 g/mol. The third-order valence-electron chi connectivity index (χ3n) is 7.01. The lowest BCUT2D eigenvalue weighted by Gasteiger charge is -2.44. The first-order valence-corrected chi connectivity index (χ1v) is 10.9. The first-order valence-electron chi connectivity index (χ1n) is 10.9. The molecule has 2 aliphatic heterocycles. The molecule has 0 radical (unpaired) electrons. The largest absolute Gasteiger partial charge is 0.493 e. The van der Waals surface area contributed by atoms with Crippen molar-refractivity contribution in [1.82, 2.24) is 4.90 Å². The number of benzene rings is 3. The molecule has 5 nitrogen and oxygen atoms in total. The van der Waals surface area contributed by atoms with Crippen molar-refractivity contribution in [2.24, 2.45) is 0 Å². The lowest BCUT2D eigenvalue weighted by atomic mass is 9.72. The first-order chi connectivity index (χ1) is 15.4. The molecular formula is C27H27NO4. The molecule has 0 spiro atoms. The number of rotatable bonds is 4. The molecule has 5 rings (SSSR count). The van der Waals surface area contributed by atoms with E-state index in [9.17, 15) is 9.90 Å². The molecule has 5 heteroatoms. The highest BCUT2D eigenvalue weighted by molar-refractivity contribution is 5.91. The highest BCUT2D eigenvalue weighted by Gasteiger charge is 2.62. The molecule has 1 saturated heterocycles. The molecule has 32 heavy (non-hydrogen) atoms. The van der Waals surface area contributed by atoms with E-state index in [-0.39, 0.29) is 12.3 Å². The second-order valence-corrected chi connectivity index (χ2v) is 8.70.